The Morgan fingerprint density at radius 2 is 2.08 bits per heavy atom. The first-order valence-electron chi connectivity index (χ1n) is 12.3. The van der Waals surface area contributed by atoms with Crippen molar-refractivity contribution in [1.29, 1.82) is 0 Å². The number of carbonyl (C=O) groups excluding carboxylic acids is 2. The lowest BCUT2D eigenvalue weighted by atomic mass is 9.90. The Morgan fingerprint density at radius 1 is 1.18 bits per heavy atom. The number of aromatic amines is 1. The summed E-state index contributed by atoms with van der Waals surface area (Å²) in [4.78, 5) is 36.5. The van der Waals surface area contributed by atoms with Crippen LogP contribution in [0.3, 0.4) is 0 Å². The molecule has 0 unspecified atom stereocenters. The van der Waals surface area contributed by atoms with E-state index in [1.165, 1.54) is 11.6 Å². The Morgan fingerprint density at radius 3 is 2.89 bits per heavy atom. The van der Waals surface area contributed by atoms with Gasteiger partial charge in [0.1, 0.15) is 5.82 Å². The minimum Gasteiger partial charge on any atom is -0.369 e. The molecule has 0 spiro atoms. The number of nitrogens with one attached hydrogen (secondary N) is 4. The predicted molar refractivity (Wildman–Crippen MR) is 139 cm³/mol. The summed E-state index contributed by atoms with van der Waals surface area (Å²) in [6, 6.07) is 6.80. The second-order valence-corrected chi connectivity index (χ2v) is 9.10. The van der Waals surface area contributed by atoms with Crippen molar-refractivity contribution in [1.82, 2.24) is 25.6 Å². The van der Waals surface area contributed by atoms with Gasteiger partial charge in [-0.3, -0.25) is 9.59 Å². The number of anilines is 1. The van der Waals surface area contributed by atoms with Gasteiger partial charge in [-0.25, -0.2) is 18.7 Å². The van der Waals surface area contributed by atoms with Crippen molar-refractivity contribution >= 4 is 23.7 Å². The summed E-state index contributed by atoms with van der Waals surface area (Å²) in [5, 5.41) is 8.99. The molecule has 1 fully saturated rings. The lowest BCUT2D eigenvalue weighted by molar-refractivity contribution is -0.116. The minimum atomic E-state index is -0.957. The van der Waals surface area contributed by atoms with Gasteiger partial charge < -0.3 is 20.9 Å². The van der Waals surface area contributed by atoms with E-state index in [0.717, 1.165) is 42.7 Å². The number of amides is 2. The summed E-state index contributed by atoms with van der Waals surface area (Å²) < 4.78 is 26.6. The van der Waals surface area contributed by atoms with Crippen LogP contribution in [0.5, 0.6) is 0 Å². The molecule has 2 aliphatic rings. The summed E-state index contributed by atoms with van der Waals surface area (Å²) in [7, 11) is 0. The van der Waals surface area contributed by atoms with Crippen LogP contribution < -0.4 is 16.0 Å². The van der Waals surface area contributed by atoms with Gasteiger partial charge in [-0.05, 0) is 60.7 Å². The predicted octanol–water partition coefficient (Wildman–Crippen LogP) is 4.04. The van der Waals surface area contributed by atoms with E-state index in [-0.39, 0.29) is 24.4 Å². The minimum absolute atomic E-state index is 0.0368. The van der Waals surface area contributed by atoms with Crippen molar-refractivity contribution in [2.45, 2.75) is 31.8 Å². The molecule has 0 bridgehead atoms. The number of hydrogen-bond acceptors (Lipinski definition) is 5. The molecule has 3 aromatic rings. The standard InChI is InChI=1S/C28H26F2N6O2/c29-23-8-6-18(11-24(23)30)14-34-27(37)21-4-2-10-33-26(21)32-9-1-3-17-5-7-20-22(13-19-15-31-16-35-19)28(38)36-25(20)12-17/h2,4-8,10-11,13,15-16,25H,1,3,9,12,14H2,(H,31,35)(H,32,33)(H,34,37)(H,36,38)/b22-13-/t25-/m0/s1. The van der Waals surface area contributed by atoms with E-state index in [0.29, 0.717) is 29.1 Å². The molecule has 1 aromatic carbocycles. The monoisotopic (exact) mass is 516 g/mol. The van der Waals surface area contributed by atoms with E-state index in [1.807, 2.05) is 12.2 Å². The van der Waals surface area contributed by atoms with Crippen LogP contribution in [0.4, 0.5) is 14.6 Å². The van der Waals surface area contributed by atoms with Gasteiger partial charge >= 0.3 is 0 Å². The lowest BCUT2D eigenvalue weighted by Crippen LogP contribution is -2.27. The Hall–Kier alpha value is -4.60. The largest absolute Gasteiger partial charge is 0.369 e. The zero-order valence-corrected chi connectivity index (χ0v) is 20.4. The molecule has 4 N–H and O–H groups in total. The average Bonchev–Trinajstić information content (AvgIpc) is 3.55. The zero-order valence-electron chi connectivity index (χ0n) is 20.4. The van der Waals surface area contributed by atoms with Crippen LogP contribution in [-0.2, 0) is 11.3 Å². The maximum absolute atomic E-state index is 13.4. The number of rotatable bonds is 9. The SMILES string of the molecule is O=C1N[C@H]2CC(CCCNc3ncccc3C(=O)NCc3ccc(F)c(F)c3)=CC=C2/C1=C/c1cnc[nH]1. The summed E-state index contributed by atoms with van der Waals surface area (Å²) in [6.07, 6.45) is 13.1. The van der Waals surface area contributed by atoms with Crippen LogP contribution >= 0.6 is 0 Å². The highest BCUT2D eigenvalue weighted by Gasteiger charge is 2.33. The Balaban J connectivity index is 1.14. The van der Waals surface area contributed by atoms with Crippen molar-refractivity contribution in [3.8, 4) is 0 Å². The number of halogens is 2. The highest BCUT2D eigenvalue weighted by atomic mass is 19.2. The molecule has 10 heteroatoms. The molecular formula is C28H26F2N6O2. The van der Waals surface area contributed by atoms with Gasteiger partial charge in [0, 0.05) is 24.9 Å². The van der Waals surface area contributed by atoms with Crippen LogP contribution in [-0.4, -0.2) is 39.4 Å². The van der Waals surface area contributed by atoms with Crippen LogP contribution in [0.1, 0.15) is 40.9 Å². The van der Waals surface area contributed by atoms with Crippen molar-refractivity contribution in [3.05, 3.63) is 106 Å². The molecule has 0 saturated carbocycles. The topological polar surface area (TPSA) is 112 Å². The van der Waals surface area contributed by atoms with Gasteiger partial charge in [-0.1, -0.05) is 23.8 Å². The molecule has 38 heavy (non-hydrogen) atoms. The summed E-state index contributed by atoms with van der Waals surface area (Å²) >= 11 is 0. The molecule has 8 nitrogen and oxygen atoms in total. The first-order chi connectivity index (χ1) is 18.5. The maximum atomic E-state index is 13.4. The fourth-order valence-corrected chi connectivity index (χ4v) is 4.55. The van der Waals surface area contributed by atoms with Crippen LogP contribution in [0.2, 0.25) is 0 Å². The lowest BCUT2D eigenvalue weighted by Gasteiger charge is -2.19. The van der Waals surface area contributed by atoms with Gasteiger partial charge in [0.15, 0.2) is 11.6 Å². The molecule has 3 heterocycles. The van der Waals surface area contributed by atoms with E-state index in [4.69, 9.17) is 0 Å². The number of benzene rings is 1. The summed E-state index contributed by atoms with van der Waals surface area (Å²) in [5.74, 6) is -1.89. The number of imidazole rings is 1. The Kier molecular flexibility index (Phi) is 7.39. The molecule has 1 aliphatic carbocycles. The third-order valence-electron chi connectivity index (χ3n) is 6.48. The number of allylic oxidation sites excluding steroid dienone is 2. The van der Waals surface area contributed by atoms with E-state index in [2.05, 4.69) is 37.0 Å². The maximum Gasteiger partial charge on any atom is 0.255 e. The Bertz CT molecular complexity index is 1450. The second kappa shape index (κ2) is 11.2. The number of fused-ring (bicyclic) bond motifs is 1. The second-order valence-electron chi connectivity index (χ2n) is 9.10. The number of carbonyl (C=O) groups is 2. The van der Waals surface area contributed by atoms with Gasteiger partial charge in [0.25, 0.3) is 11.8 Å². The average molecular weight is 517 g/mol. The van der Waals surface area contributed by atoms with E-state index in [1.54, 1.807) is 30.9 Å². The third kappa shape index (κ3) is 5.69. The van der Waals surface area contributed by atoms with Crippen LogP contribution in [0.25, 0.3) is 6.08 Å². The van der Waals surface area contributed by atoms with Gasteiger partial charge in [0.05, 0.1) is 29.8 Å². The van der Waals surface area contributed by atoms with Crippen LogP contribution in [0, 0.1) is 11.6 Å². The molecule has 1 aliphatic heterocycles. The van der Waals surface area contributed by atoms with E-state index >= 15 is 0 Å². The van der Waals surface area contributed by atoms with Crippen molar-refractivity contribution in [2.75, 3.05) is 11.9 Å². The number of nitrogens with zero attached hydrogens (tertiary/aromatic N) is 2. The molecule has 1 saturated heterocycles. The fourth-order valence-electron chi connectivity index (χ4n) is 4.55. The van der Waals surface area contributed by atoms with E-state index in [9.17, 15) is 18.4 Å². The van der Waals surface area contributed by atoms with Gasteiger partial charge in [0.2, 0.25) is 0 Å². The summed E-state index contributed by atoms with van der Waals surface area (Å²) in [6.45, 7) is 0.654. The number of pyridine rings is 1. The molecule has 2 aromatic heterocycles. The first-order valence-corrected chi connectivity index (χ1v) is 12.3. The molecular weight excluding hydrogens is 490 g/mol. The van der Waals surface area contributed by atoms with Crippen molar-refractivity contribution in [2.24, 2.45) is 0 Å². The Labute approximate surface area is 218 Å². The van der Waals surface area contributed by atoms with E-state index < -0.39 is 11.6 Å². The third-order valence-corrected chi connectivity index (χ3v) is 6.48. The highest BCUT2D eigenvalue weighted by molar-refractivity contribution is 6.06. The molecule has 2 amide bonds. The number of hydrogen-bond donors (Lipinski definition) is 4. The summed E-state index contributed by atoms with van der Waals surface area (Å²) in [5.41, 5.74) is 4.47. The van der Waals surface area contributed by atoms with Crippen molar-refractivity contribution in [3.63, 3.8) is 0 Å². The first kappa shape index (κ1) is 25.1. The van der Waals surface area contributed by atoms with Gasteiger partial charge in [-0.2, -0.15) is 0 Å². The quantitative estimate of drug-likeness (QED) is 0.253. The molecule has 194 valence electrons. The highest BCUT2D eigenvalue weighted by Crippen LogP contribution is 2.32. The van der Waals surface area contributed by atoms with Crippen molar-refractivity contribution < 1.29 is 18.4 Å². The number of H-pyrrole nitrogens is 1. The smallest absolute Gasteiger partial charge is 0.255 e. The molecule has 1 atom stereocenters. The normalized spacial score (nSPS) is 17.5. The molecule has 0 radical (unpaired) electrons. The zero-order chi connectivity index (χ0) is 26.5. The molecule has 5 rings (SSSR count). The van der Waals surface area contributed by atoms with Gasteiger partial charge in [-0.15, -0.1) is 0 Å². The number of aromatic nitrogens is 3. The van der Waals surface area contributed by atoms with Crippen LogP contribution in [0.15, 0.2) is 77.9 Å². The fraction of sp³-hybridized carbons (Fsp3) is 0.214.